The van der Waals surface area contributed by atoms with E-state index in [1.165, 1.54) is 199 Å². The summed E-state index contributed by atoms with van der Waals surface area (Å²) in [6.07, 6.45) is 54.1. The number of phosphoric ester groups is 2. The quantitative estimate of drug-likeness (QED) is 0.0222. The number of hydrogen-bond acceptors (Lipinski definition) is 15. The molecule has 0 aromatic carbocycles. The summed E-state index contributed by atoms with van der Waals surface area (Å²) in [6, 6.07) is 0. The lowest BCUT2D eigenvalue weighted by Crippen LogP contribution is -2.30. The van der Waals surface area contributed by atoms with Crippen molar-refractivity contribution in [3.05, 3.63) is 0 Å². The van der Waals surface area contributed by atoms with Crippen LogP contribution in [0.4, 0.5) is 0 Å². The van der Waals surface area contributed by atoms with Crippen LogP contribution in [0.15, 0.2) is 0 Å². The van der Waals surface area contributed by atoms with Gasteiger partial charge in [0, 0.05) is 25.7 Å². The number of esters is 4. The second-order valence-electron chi connectivity index (χ2n) is 27.8. The molecule has 0 aromatic rings. The van der Waals surface area contributed by atoms with Gasteiger partial charge in [-0.2, -0.15) is 0 Å². The van der Waals surface area contributed by atoms with Crippen molar-refractivity contribution in [3.63, 3.8) is 0 Å². The highest BCUT2D eigenvalue weighted by molar-refractivity contribution is 7.47. The number of unbranched alkanes of at least 4 members (excludes halogenated alkanes) is 43. The molecule has 0 amide bonds. The molecule has 6 atom stereocenters. The summed E-state index contributed by atoms with van der Waals surface area (Å²) in [5.74, 6) is -0.537. The first-order chi connectivity index (χ1) is 45.4. The number of carbonyl (C=O) groups excluding carboxylic acids is 4. The summed E-state index contributed by atoms with van der Waals surface area (Å²) in [5, 5.41) is 10.6. The number of aliphatic hydroxyl groups is 1. The van der Waals surface area contributed by atoms with E-state index in [0.717, 1.165) is 108 Å². The van der Waals surface area contributed by atoms with Crippen LogP contribution in [0.2, 0.25) is 0 Å². The maximum Gasteiger partial charge on any atom is 0.472 e. The lowest BCUT2D eigenvalue weighted by atomic mass is 9.99. The number of phosphoric acid groups is 2. The van der Waals surface area contributed by atoms with Crippen LogP contribution >= 0.6 is 15.6 Å². The molecule has 0 aromatic heterocycles. The van der Waals surface area contributed by atoms with Gasteiger partial charge in [-0.1, -0.05) is 337 Å². The Labute approximate surface area is 575 Å². The summed E-state index contributed by atoms with van der Waals surface area (Å²) >= 11 is 0. The first-order valence-electron chi connectivity index (χ1n) is 39.0. The van der Waals surface area contributed by atoms with Crippen LogP contribution in [-0.4, -0.2) is 96.7 Å². The van der Waals surface area contributed by atoms with Crippen molar-refractivity contribution in [1.29, 1.82) is 0 Å². The Bertz CT molecular complexity index is 1820. The zero-order chi connectivity index (χ0) is 69.3. The van der Waals surface area contributed by atoms with Crippen molar-refractivity contribution < 1.29 is 80.2 Å². The molecule has 19 heteroatoms. The van der Waals surface area contributed by atoms with Crippen molar-refractivity contribution in [2.24, 2.45) is 11.8 Å². The molecule has 0 heterocycles. The van der Waals surface area contributed by atoms with Crippen LogP contribution in [0.3, 0.4) is 0 Å². The fourth-order valence-electron chi connectivity index (χ4n) is 11.4. The summed E-state index contributed by atoms with van der Waals surface area (Å²) in [7, 11) is -9.91. The van der Waals surface area contributed by atoms with Crippen molar-refractivity contribution >= 4 is 39.5 Å². The van der Waals surface area contributed by atoms with Gasteiger partial charge < -0.3 is 33.8 Å². The van der Waals surface area contributed by atoms with Crippen molar-refractivity contribution in [2.45, 2.75) is 407 Å². The lowest BCUT2D eigenvalue weighted by molar-refractivity contribution is -0.161. The number of ether oxygens (including phenoxy) is 4. The average Bonchev–Trinajstić information content (AvgIpc) is 1.43. The maximum absolute atomic E-state index is 13.1. The molecule has 3 unspecified atom stereocenters. The highest BCUT2D eigenvalue weighted by Crippen LogP contribution is 2.45. The van der Waals surface area contributed by atoms with Crippen LogP contribution in [-0.2, 0) is 65.4 Å². The van der Waals surface area contributed by atoms with Crippen LogP contribution < -0.4 is 0 Å². The molecule has 3 N–H and O–H groups in total. The minimum Gasteiger partial charge on any atom is -0.462 e. The molecular weight excluding hydrogens is 1230 g/mol. The fraction of sp³-hybridized carbons (Fsp3) is 0.947. The normalized spacial score (nSPS) is 14.3. The predicted molar refractivity (Wildman–Crippen MR) is 381 cm³/mol. The number of aliphatic hydroxyl groups excluding tert-OH is 1. The van der Waals surface area contributed by atoms with E-state index in [-0.39, 0.29) is 25.7 Å². The zero-order valence-corrected chi connectivity index (χ0v) is 63.1. The van der Waals surface area contributed by atoms with E-state index in [4.69, 9.17) is 37.0 Å². The van der Waals surface area contributed by atoms with E-state index < -0.39 is 97.5 Å². The molecule has 0 bridgehead atoms. The largest absolute Gasteiger partial charge is 0.472 e. The van der Waals surface area contributed by atoms with Gasteiger partial charge in [0.2, 0.25) is 0 Å². The van der Waals surface area contributed by atoms with Gasteiger partial charge in [0.1, 0.15) is 19.3 Å². The van der Waals surface area contributed by atoms with Crippen LogP contribution in [0, 0.1) is 11.8 Å². The molecule has 0 fully saturated rings. The topological polar surface area (TPSA) is 237 Å². The van der Waals surface area contributed by atoms with Crippen molar-refractivity contribution in [1.82, 2.24) is 0 Å². The zero-order valence-electron chi connectivity index (χ0n) is 61.3. The first-order valence-corrected chi connectivity index (χ1v) is 42.0. The highest BCUT2D eigenvalue weighted by atomic mass is 31.2. The smallest absolute Gasteiger partial charge is 0.462 e. The Morgan fingerprint density at radius 1 is 0.309 bits per heavy atom. The predicted octanol–water partition coefficient (Wildman–Crippen LogP) is 21.9. The highest BCUT2D eigenvalue weighted by Gasteiger charge is 2.30. The van der Waals surface area contributed by atoms with E-state index in [1.54, 1.807) is 0 Å². The molecule has 0 radical (unpaired) electrons. The number of carbonyl (C=O) groups is 4. The van der Waals surface area contributed by atoms with Gasteiger partial charge in [-0.3, -0.25) is 37.3 Å². The van der Waals surface area contributed by atoms with Gasteiger partial charge in [-0.25, -0.2) is 9.13 Å². The van der Waals surface area contributed by atoms with E-state index in [9.17, 15) is 43.2 Å². The van der Waals surface area contributed by atoms with E-state index in [1.807, 2.05) is 0 Å². The molecule has 0 aliphatic heterocycles. The van der Waals surface area contributed by atoms with Crippen LogP contribution in [0.5, 0.6) is 0 Å². The summed E-state index contributed by atoms with van der Waals surface area (Å²) in [5.41, 5.74) is 0. The molecular formula is C75H146O17P2. The Morgan fingerprint density at radius 2 is 0.543 bits per heavy atom. The molecule has 0 aliphatic rings. The van der Waals surface area contributed by atoms with Gasteiger partial charge in [0.25, 0.3) is 0 Å². The standard InChI is InChI=1S/C75H146O17P2/c1-7-10-12-14-16-18-19-20-21-22-26-29-34-40-46-52-58-73(78)86-64-71(91-74(79)59-53-47-41-35-30-27-24-23-25-28-33-38-44-50-56-68(6)9-3)66-90-94(83,84)88-62-69(76)61-87-93(81,82)89-65-70(63-85-72(77)57-51-45-39-17-15-13-11-8-2)92-75(80)60-54-48-42-36-31-32-37-43-49-55-67(4)5/h67-71,76H,7-66H2,1-6H3,(H,81,82)(H,83,84)/t68?,69-,70+,71+/m0/s1. The number of rotatable bonds is 74. The Balaban J connectivity index is 5.22. The molecule has 17 nitrogen and oxygen atoms in total. The summed E-state index contributed by atoms with van der Waals surface area (Å²) < 4.78 is 68.4. The third-order valence-electron chi connectivity index (χ3n) is 17.8. The maximum atomic E-state index is 13.1. The van der Waals surface area contributed by atoms with Gasteiger partial charge in [0.05, 0.1) is 26.4 Å². The van der Waals surface area contributed by atoms with E-state index in [0.29, 0.717) is 25.7 Å². The lowest BCUT2D eigenvalue weighted by Gasteiger charge is -2.21. The Morgan fingerprint density at radius 3 is 0.809 bits per heavy atom. The van der Waals surface area contributed by atoms with Crippen LogP contribution in [0.1, 0.15) is 388 Å². The monoisotopic (exact) mass is 1380 g/mol. The van der Waals surface area contributed by atoms with Gasteiger partial charge in [-0.15, -0.1) is 0 Å². The van der Waals surface area contributed by atoms with Gasteiger partial charge in [0.15, 0.2) is 12.2 Å². The third kappa shape index (κ3) is 67.3. The minimum atomic E-state index is -4.96. The average molecular weight is 1380 g/mol. The third-order valence-corrected chi connectivity index (χ3v) is 19.7. The van der Waals surface area contributed by atoms with E-state index in [2.05, 4.69) is 41.5 Å². The second kappa shape index (κ2) is 66.9. The van der Waals surface area contributed by atoms with Crippen LogP contribution in [0.25, 0.3) is 0 Å². The molecule has 558 valence electrons. The SMILES string of the molecule is CCCCCCCCCCCCCCCCCCC(=O)OC[C@H](COP(=O)(O)OC[C@@H](O)COP(=O)(O)OC[C@@H](COC(=O)CCCCCCCCCC)OC(=O)CCCCCCCCCCCC(C)C)OC(=O)CCCCCCCCCCCCCCCCC(C)CC. The minimum absolute atomic E-state index is 0.105. The number of hydrogen-bond donors (Lipinski definition) is 3. The Kier molecular flexibility index (Phi) is 65.5. The molecule has 0 aliphatic carbocycles. The van der Waals surface area contributed by atoms with Crippen molar-refractivity contribution in [3.8, 4) is 0 Å². The first kappa shape index (κ1) is 92.1. The van der Waals surface area contributed by atoms with Gasteiger partial charge in [-0.05, 0) is 37.5 Å². The summed E-state index contributed by atoms with van der Waals surface area (Å²) in [4.78, 5) is 72.7. The summed E-state index contributed by atoms with van der Waals surface area (Å²) in [6.45, 7) is 9.59. The van der Waals surface area contributed by atoms with Gasteiger partial charge >= 0.3 is 39.5 Å². The molecule has 0 saturated heterocycles. The molecule has 0 saturated carbocycles. The Hall–Kier alpha value is -1.94. The second-order valence-corrected chi connectivity index (χ2v) is 30.7. The van der Waals surface area contributed by atoms with Crippen molar-refractivity contribution in [2.75, 3.05) is 39.6 Å². The van der Waals surface area contributed by atoms with E-state index >= 15 is 0 Å². The molecule has 0 rings (SSSR count). The molecule has 0 spiro atoms. The fourth-order valence-corrected chi connectivity index (χ4v) is 13.0. The molecule has 94 heavy (non-hydrogen) atoms.